The molecule has 6 nitrogen and oxygen atoms in total. The number of hydrogen-bond donors (Lipinski definition) is 4. The highest BCUT2D eigenvalue weighted by Crippen LogP contribution is 2.27. The van der Waals surface area contributed by atoms with E-state index < -0.39 is 6.03 Å². The van der Waals surface area contributed by atoms with Gasteiger partial charge in [0.1, 0.15) is 0 Å². The van der Waals surface area contributed by atoms with Gasteiger partial charge < -0.3 is 22.1 Å². The summed E-state index contributed by atoms with van der Waals surface area (Å²) in [6.07, 6.45) is 0. The van der Waals surface area contributed by atoms with Crippen LogP contribution in [0, 0.1) is 0 Å². The van der Waals surface area contributed by atoms with Crippen molar-refractivity contribution in [2.75, 3.05) is 18.8 Å². The molecular weight excluding hydrogens is 264 g/mol. The maximum absolute atomic E-state index is 11.9. The zero-order chi connectivity index (χ0) is 13.8. The van der Waals surface area contributed by atoms with Crippen LogP contribution >= 0.6 is 11.3 Å². The number of nitrogens with one attached hydrogen (secondary N) is 2. The van der Waals surface area contributed by atoms with Crippen LogP contribution in [0.1, 0.15) is 9.67 Å². The fourth-order valence-corrected chi connectivity index (χ4v) is 2.58. The summed E-state index contributed by atoms with van der Waals surface area (Å²) in [7, 11) is 0. The van der Waals surface area contributed by atoms with E-state index in [4.69, 9.17) is 11.5 Å². The van der Waals surface area contributed by atoms with Gasteiger partial charge in [0.15, 0.2) is 0 Å². The van der Waals surface area contributed by atoms with Gasteiger partial charge in [-0.3, -0.25) is 4.79 Å². The first-order valence-corrected chi connectivity index (χ1v) is 6.48. The molecule has 0 radical (unpaired) electrons. The van der Waals surface area contributed by atoms with Crippen LogP contribution in [0.4, 0.5) is 10.5 Å². The van der Waals surface area contributed by atoms with Gasteiger partial charge >= 0.3 is 6.03 Å². The SMILES string of the molecule is NC(=O)NCCNC(=O)c1cc2cc(N)ccc2s1. The maximum atomic E-state index is 11.9. The highest BCUT2D eigenvalue weighted by Gasteiger charge is 2.09. The molecule has 0 saturated heterocycles. The second-order valence-electron chi connectivity index (χ2n) is 3.95. The molecule has 1 aromatic carbocycles. The van der Waals surface area contributed by atoms with Crippen LogP contribution < -0.4 is 22.1 Å². The van der Waals surface area contributed by atoms with Gasteiger partial charge in [-0.05, 0) is 29.7 Å². The number of urea groups is 1. The Bertz CT molecular complexity index is 623. The van der Waals surface area contributed by atoms with E-state index in [2.05, 4.69) is 10.6 Å². The molecule has 0 spiro atoms. The molecule has 1 aromatic heterocycles. The van der Waals surface area contributed by atoms with Crippen LogP contribution in [0.25, 0.3) is 10.1 Å². The summed E-state index contributed by atoms with van der Waals surface area (Å²) in [4.78, 5) is 22.9. The zero-order valence-electron chi connectivity index (χ0n) is 10.1. The third-order valence-electron chi connectivity index (χ3n) is 2.47. The van der Waals surface area contributed by atoms with E-state index in [9.17, 15) is 9.59 Å². The number of thiophene rings is 1. The maximum Gasteiger partial charge on any atom is 0.312 e. The molecule has 100 valence electrons. The van der Waals surface area contributed by atoms with Gasteiger partial charge in [0, 0.05) is 23.5 Å². The Labute approximate surface area is 113 Å². The van der Waals surface area contributed by atoms with Crippen LogP contribution in [-0.4, -0.2) is 25.0 Å². The van der Waals surface area contributed by atoms with Crippen LogP contribution in [0.15, 0.2) is 24.3 Å². The van der Waals surface area contributed by atoms with E-state index in [0.29, 0.717) is 23.7 Å². The third-order valence-corrected chi connectivity index (χ3v) is 3.59. The average molecular weight is 278 g/mol. The molecule has 3 amide bonds. The van der Waals surface area contributed by atoms with Crippen molar-refractivity contribution < 1.29 is 9.59 Å². The second-order valence-corrected chi connectivity index (χ2v) is 5.04. The van der Waals surface area contributed by atoms with Gasteiger partial charge in [-0.15, -0.1) is 11.3 Å². The number of fused-ring (bicyclic) bond motifs is 1. The topological polar surface area (TPSA) is 110 Å². The molecule has 0 unspecified atom stereocenters. The second kappa shape index (κ2) is 5.57. The lowest BCUT2D eigenvalue weighted by atomic mass is 10.2. The molecule has 0 saturated carbocycles. The van der Waals surface area contributed by atoms with Crippen LogP contribution in [-0.2, 0) is 0 Å². The van der Waals surface area contributed by atoms with Crippen LogP contribution in [0.5, 0.6) is 0 Å². The Morgan fingerprint density at radius 3 is 2.63 bits per heavy atom. The van der Waals surface area contributed by atoms with Crippen molar-refractivity contribution in [3.05, 3.63) is 29.1 Å². The largest absolute Gasteiger partial charge is 0.399 e. The number of nitrogen functional groups attached to an aromatic ring is 1. The number of hydrogen-bond acceptors (Lipinski definition) is 4. The van der Waals surface area contributed by atoms with Gasteiger partial charge in [0.2, 0.25) is 0 Å². The number of carbonyl (C=O) groups is 2. The summed E-state index contributed by atoms with van der Waals surface area (Å²) >= 11 is 1.40. The number of carbonyl (C=O) groups excluding carboxylic acids is 2. The standard InChI is InChI=1S/C12H14N4O2S/c13-8-1-2-9-7(5-8)6-10(19-9)11(17)15-3-4-16-12(14)18/h1-2,5-6H,3-4,13H2,(H,15,17)(H3,14,16,18). The number of primary amides is 1. The minimum absolute atomic E-state index is 0.175. The molecule has 1 heterocycles. The van der Waals surface area contributed by atoms with Gasteiger partial charge in [-0.2, -0.15) is 0 Å². The summed E-state index contributed by atoms with van der Waals surface area (Å²) < 4.78 is 1.01. The molecule has 0 aliphatic carbocycles. The van der Waals surface area contributed by atoms with Crippen molar-refractivity contribution >= 4 is 39.0 Å². The van der Waals surface area contributed by atoms with E-state index in [1.165, 1.54) is 11.3 Å². The third kappa shape index (κ3) is 3.35. The van der Waals surface area contributed by atoms with Gasteiger partial charge in [-0.25, -0.2) is 4.79 Å². The van der Waals surface area contributed by atoms with Crippen molar-refractivity contribution in [2.24, 2.45) is 5.73 Å². The fourth-order valence-electron chi connectivity index (χ4n) is 1.62. The number of benzene rings is 1. The summed E-state index contributed by atoms with van der Waals surface area (Å²) in [6.45, 7) is 0.636. The predicted molar refractivity (Wildman–Crippen MR) is 76.2 cm³/mol. The van der Waals surface area contributed by atoms with E-state index in [-0.39, 0.29) is 5.91 Å². The Morgan fingerprint density at radius 2 is 1.89 bits per heavy atom. The Kier molecular flexibility index (Phi) is 3.86. The first-order chi connectivity index (χ1) is 9.06. The number of nitrogens with two attached hydrogens (primary N) is 2. The normalized spacial score (nSPS) is 10.3. The molecule has 6 N–H and O–H groups in total. The Balaban J connectivity index is 1.99. The molecule has 0 aliphatic heterocycles. The highest BCUT2D eigenvalue weighted by molar-refractivity contribution is 7.20. The quantitative estimate of drug-likeness (QED) is 0.492. The smallest absolute Gasteiger partial charge is 0.312 e. The molecule has 7 heteroatoms. The molecule has 0 atom stereocenters. The summed E-state index contributed by atoms with van der Waals surface area (Å²) in [5.41, 5.74) is 11.3. The van der Waals surface area contributed by atoms with Crippen molar-refractivity contribution in [1.29, 1.82) is 0 Å². The Morgan fingerprint density at radius 1 is 1.16 bits per heavy atom. The minimum Gasteiger partial charge on any atom is -0.399 e. The summed E-state index contributed by atoms with van der Waals surface area (Å²) in [5, 5.41) is 6.05. The molecule has 0 fully saturated rings. The number of amides is 3. The van der Waals surface area contributed by atoms with Crippen molar-refractivity contribution in [2.45, 2.75) is 0 Å². The molecule has 2 aromatic rings. The molecule has 0 aliphatic rings. The van der Waals surface area contributed by atoms with Crippen LogP contribution in [0.3, 0.4) is 0 Å². The van der Waals surface area contributed by atoms with E-state index >= 15 is 0 Å². The molecule has 0 bridgehead atoms. The lowest BCUT2D eigenvalue weighted by Gasteiger charge is -2.03. The van der Waals surface area contributed by atoms with Gasteiger partial charge in [0.25, 0.3) is 5.91 Å². The number of anilines is 1. The minimum atomic E-state index is -0.605. The van der Waals surface area contributed by atoms with Crippen molar-refractivity contribution in [3.8, 4) is 0 Å². The molecule has 2 rings (SSSR count). The predicted octanol–water partition coefficient (Wildman–Crippen LogP) is 0.882. The summed E-state index contributed by atoms with van der Waals surface area (Å²) in [5.74, 6) is -0.175. The molecule has 19 heavy (non-hydrogen) atoms. The van der Waals surface area contributed by atoms with Crippen molar-refractivity contribution in [1.82, 2.24) is 10.6 Å². The van der Waals surface area contributed by atoms with Gasteiger partial charge in [0.05, 0.1) is 4.88 Å². The first kappa shape index (κ1) is 13.2. The zero-order valence-corrected chi connectivity index (χ0v) is 10.9. The van der Waals surface area contributed by atoms with Crippen LogP contribution in [0.2, 0.25) is 0 Å². The average Bonchev–Trinajstić information content (AvgIpc) is 2.77. The Hall–Kier alpha value is -2.28. The molecular formula is C12H14N4O2S. The van der Waals surface area contributed by atoms with Gasteiger partial charge in [-0.1, -0.05) is 0 Å². The number of rotatable bonds is 4. The monoisotopic (exact) mass is 278 g/mol. The van der Waals surface area contributed by atoms with Crippen molar-refractivity contribution in [3.63, 3.8) is 0 Å². The van der Waals surface area contributed by atoms with E-state index in [1.807, 2.05) is 12.1 Å². The fraction of sp³-hybridized carbons (Fsp3) is 0.167. The lowest BCUT2D eigenvalue weighted by Crippen LogP contribution is -2.37. The summed E-state index contributed by atoms with van der Waals surface area (Å²) in [6, 6.07) is 6.72. The highest BCUT2D eigenvalue weighted by atomic mass is 32.1. The first-order valence-electron chi connectivity index (χ1n) is 5.67. The van der Waals surface area contributed by atoms with E-state index in [0.717, 1.165) is 10.1 Å². The van der Waals surface area contributed by atoms with E-state index in [1.54, 1.807) is 12.1 Å². The lowest BCUT2D eigenvalue weighted by molar-refractivity contribution is 0.0958.